The van der Waals surface area contributed by atoms with Crippen LogP contribution in [0.2, 0.25) is 0 Å². The lowest BCUT2D eigenvalue weighted by atomic mass is 10.1. The number of thiazole rings is 1. The van der Waals surface area contributed by atoms with Crippen molar-refractivity contribution in [2.24, 2.45) is 0 Å². The van der Waals surface area contributed by atoms with Crippen LogP contribution in [0.25, 0.3) is 21.7 Å². The van der Waals surface area contributed by atoms with E-state index in [4.69, 9.17) is 4.98 Å². The van der Waals surface area contributed by atoms with Crippen molar-refractivity contribution >= 4 is 50.9 Å². The van der Waals surface area contributed by atoms with Crippen LogP contribution in [0, 0.1) is 0 Å². The first-order valence-corrected chi connectivity index (χ1v) is 10.4. The summed E-state index contributed by atoms with van der Waals surface area (Å²) in [5.41, 5.74) is 4.39. The lowest BCUT2D eigenvalue weighted by Crippen LogP contribution is -1.88. The van der Waals surface area contributed by atoms with Crippen LogP contribution in [0.3, 0.4) is 0 Å². The average molecular weight is 455 g/mol. The van der Waals surface area contributed by atoms with Crippen molar-refractivity contribution in [1.29, 1.82) is 0 Å². The molecule has 0 unspecified atom stereocenters. The molecule has 27 heavy (non-hydrogen) atoms. The molecular weight excluding hydrogens is 436 g/mol. The number of aromatic nitrogens is 1. The molecule has 4 aromatic rings. The van der Waals surface area contributed by atoms with Gasteiger partial charge in [-0.25, -0.2) is 4.98 Å². The van der Waals surface area contributed by atoms with E-state index in [9.17, 15) is 0 Å². The van der Waals surface area contributed by atoms with Gasteiger partial charge in [-0.05, 0) is 36.1 Å². The number of benzene rings is 3. The Morgan fingerprint density at radius 3 is 2.04 bits per heavy atom. The largest absolute Gasteiger partial charge is 0.332 e. The van der Waals surface area contributed by atoms with Gasteiger partial charge in [0.1, 0.15) is 0 Å². The van der Waals surface area contributed by atoms with Crippen molar-refractivity contribution in [2.75, 3.05) is 11.6 Å². The zero-order chi connectivity index (χ0) is 17.8. The number of halogens is 1. The molecular formula is C22H19BrN2S2. The van der Waals surface area contributed by atoms with E-state index in [0.29, 0.717) is 0 Å². The number of nitrogens with one attached hydrogen (secondary N) is 1. The van der Waals surface area contributed by atoms with Crippen LogP contribution >= 0.6 is 40.1 Å². The van der Waals surface area contributed by atoms with Gasteiger partial charge in [-0.3, -0.25) is 0 Å². The summed E-state index contributed by atoms with van der Waals surface area (Å²) in [6.07, 6.45) is 2.09. The zero-order valence-electron chi connectivity index (χ0n) is 14.8. The predicted octanol–water partition coefficient (Wildman–Crippen LogP) is 7.52. The first-order valence-electron chi connectivity index (χ1n) is 8.36. The molecule has 5 heteroatoms. The van der Waals surface area contributed by atoms with Crippen LogP contribution in [0.5, 0.6) is 0 Å². The standard InChI is InChI=1S/C22H18N2S2.BrH/c1-25-19-14-12-16(13-15-19)20-21(17-8-4-2-5-9-17)26-22(24-20)23-18-10-6-3-7-11-18;/h2-15H,1H3,(H,23,24);1H. The van der Waals surface area contributed by atoms with Gasteiger partial charge in [0.15, 0.2) is 5.13 Å². The van der Waals surface area contributed by atoms with Gasteiger partial charge in [-0.1, -0.05) is 72.0 Å². The second-order valence-corrected chi connectivity index (χ2v) is 7.66. The molecule has 0 aliphatic rings. The van der Waals surface area contributed by atoms with Crippen molar-refractivity contribution in [3.63, 3.8) is 0 Å². The fourth-order valence-electron chi connectivity index (χ4n) is 2.75. The highest BCUT2D eigenvalue weighted by Gasteiger charge is 2.15. The Bertz CT molecular complexity index is 984. The molecule has 0 spiro atoms. The fourth-order valence-corrected chi connectivity index (χ4v) is 4.17. The summed E-state index contributed by atoms with van der Waals surface area (Å²) in [6.45, 7) is 0. The highest BCUT2D eigenvalue weighted by molar-refractivity contribution is 8.93. The minimum absolute atomic E-state index is 0. The third-order valence-electron chi connectivity index (χ3n) is 4.05. The van der Waals surface area contributed by atoms with Gasteiger partial charge in [0.25, 0.3) is 0 Å². The van der Waals surface area contributed by atoms with E-state index in [1.165, 1.54) is 15.3 Å². The van der Waals surface area contributed by atoms with Gasteiger partial charge in [-0.15, -0.1) is 28.7 Å². The Hall–Kier alpha value is -2.08. The van der Waals surface area contributed by atoms with Gasteiger partial charge in [0, 0.05) is 16.1 Å². The topological polar surface area (TPSA) is 24.9 Å². The molecule has 0 saturated carbocycles. The van der Waals surface area contributed by atoms with Gasteiger partial charge in [0.05, 0.1) is 10.6 Å². The summed E-state index contributed by atoms with van der Waals surface area (Å²) in [5.74, 6) is 0. The predicted molar refractivity (Wildman–Crippen MR) is 125 cm³/mol. The Balaban J connectivity index is 0.00000210. The van der Waals surface area contributed by atoms with Crippen LogP contribution < -0.4 is 5.32 Å². The van der Waals surface area contributed by atoms with E-state index in [1.807, 2.05) is 24.3 Å². The monoisotopic (exact) mass is 454 g/mol. The van der Waals surface area contributed by atoms with Crippen LogP contribution in [0.4, 0.5) is 10.8 Å². The van der Waals surface area contributed by atoms with E-state index in [1.54, 1.807) is 23.1 Å². The SMILES string of the molecule is Br.CSc1ccc(-c2nc(Nc3ccccc3)sc2-c2ccccc2)cc1. The lowest BCUT2D eigenvalue weighted by Gasteiger charge is -2.03. The molecule has 0 aliphatic carbocycles. The zero-order valence-corrected chi connectivity index (χ0v) is 18.1. The smallest absolute Gasteiger partial charge is 0.188 e. The number of anilines is 2. The third kappa shape index (κ3) is 4.61. The van der Waals surface area contributed by atoms with Gasteiger partial charge < -0.3 is 5.32 Å². The number of hydrogen-bond donors (Lipinski definition) is 1. The molecule has 3 aromatic carbocycles. The highest BCUT2D eigenvalue weighted by Crippen LogP contribution is 2.40. The molecule has 1 aromatic heterocycles. The summed E-state index contributed by atoms with van der Waals surface area (Å²) in [5, 5.41) is 4.33. The number of nitrogens with zero attached hydrogens (tertiary/aromatic N) is 1. The summed E-state index contributed by atoms with van der Waals surface area (Å²) in [4.78, 5) is 7.35. The van der Waals surface area contributed by atoms with Crippen LogP contribution in [-0.2, 0) is 0 Å². The maximum atomic E-state index is 4.91. The molecule has 0 fully saturated rings. The molecule has 0 bridgehead atoms. The summed E-state index contributed by atoms with van der Waals surface area (Å²) < 4.78 is 0. The highest BCUT2D eigenvalue weighted by atomic mass is 79.9. The minimum Gasteiger partial charge on any atom is -0.332 e. The number of hydrogen-bond acceptors (Lipinski definition) is 4. The maximum absolute atomic E-state index is 4.91. The summed E-state index contributed by atoms with van der Waals surface area (Å²) in [7, 11) is 0. The molecule has 1 heterocycles. The quantitative estimate of drug-likeness (QED) is 0.315. The molecule has 1 N–H and O–H groups in total. The van der Waals surface area contributed by atoms with E-state index in [2.05, 4.69) is 72.2 Å². The van der Waals surface area contributed by atoms with E-state index < -0.39 is 0 Å². The normalized spacial score (nSPS) is 10.3. The molecule has 0 radical (unpaired) electrons. The Morgan fingerprint density at radius 2 is 1.41 bits per heavy atom. The average Bonchev–Trinajstić information content (AvgIpc) is 3.13. The van der Waals surface area contributed by atoms with Crippen LogP contribution in [0.1, 0.15) is 0 Å². The van der Waals surface area contributed by atoms with E-state index in [0.717, 1.165) is 22.1 Å². The van der Waals surface area contributed by atoms with E-state index in [-0.39, 0.29) is 17.0 Å². The van der Waals surface area contributed by atoms with Crippen LogP contribution in [0.15, 0.2) is 89.8 Å². The first kappa shape index (κ1) is 19.7. The molecule has 0 amide bonds. The van der Waals surface area contributed by atoms with Gasteiger partial charge in [-0.2, -0.15) is 0 Å². The van der Waals surface area contributed by atoms with Gasteiger partial charge >= 0.3 is 0 Å². The number of thioether (sulfide) groups is 1. The van der Waals surface area contributed by atoms with Gasteiger partial charge in [0.2, 0.25) is 0 Å². The Labute approximate surface area is 178 Å². The Morgan fingerprint density at radius 1 is 0.778 bits per heavy atom. The number of rotatable bonds is 5. The molecule has 0 aliphatic heterocycles. The van der Waals surface area contributed by atoms with Crippen molar-refractivity contribution < 1.29 is 0 Å². The van der Waals surface area contributed by atoms with Crippen molar-refractivity contribution in [2.45, 2.75) is 4.90 Å². The maximum Gasteiger partial charge on any atom is 0.188 e. The number of para-hydroxylation sites is 1. The van der Waals surface area contributed by atoms with Crippen molar-refractivity contribution in [3.8, 4) is 21.7 Å². The minimum atomic E-state index is 0. The first-order chi connectivity index (χ1) is 12.8. The van der Waals surface area contributed by atoms with Crippen LogP contribution in [-0.4, -0.2) is 11.2 Å². The molecule has 4 rings (SSSR count). The second kappa shape index (κ2) is 9.22. The third-order valence-corrected chi connectivity index (χ3v) is 5.82. The van der Waals surface area contributed by atoms with E-state index >= 15 is 0 Å². The molecule has 2 nitrogen and oxygen atoms in total. The molecule has 0 saturated heterocycles. The fraction of sp³-hybridized carbons (Fsp3) is 0.0455. The van der Waals surface area contributed by atoms with Crippen molar-refractivity contribution in [1.82, 2.24) is 4.98 Å². The Kier molecular flexibility index (Phi) is 6.72. The van der Waals surface area contributed by atoms with Crippen molar-refractivity contribution in [3.05, 3.63) is 84.9 Å². The summed E-state index contributed by atoms with van der Waals surface area (Å²) >= 11 is 3.43. The molecule has 0 atom stereocenters. The molecule has 136 valence electrons. The summed E-state index contributed by atoms with van der Waals surface area (Å²) in [6, 6.07) is 29.2. The lowest BCUT2D eigenvalue weighted by molar-refractivity contribution is 1.37. The second-order valence-electron chi connectivity index (χ2n) is 5.78.